The van der Waals surface area contributed by atoms with E-state index in [2.05, 4.69) is 94.2 Å². The molecular weight excluding hydrogens is 1310 g/mol. The number of methoxy groups -OCH3 is 4. The van der Waals surface area contributed by atoms with Gasteiger partial charge in [0.1, 0.15) is 46.0 Å². The summed E-state index contributed by atoms with van der Waals surface area (Å²) < 4.78 is 45.2. The first-order valence-corrected chi connectivity index (χ1v) is 38.4. The Balaban J connectivity index is 0.000000512. The second-order valence-electron chi connectivity index (χ2n) is 25.7. The number of carbonyl (C=O) groups is 2. The SMILES string of the molecule is CCC(CCBr)CCC(CC)CC(CC)CCBr.CCC(CCOc1cc(OC)ccc1C=O)CCC(CC)CC(CC)CCOc1cc(OC)ccc1C=O.CCC(CCOc1cc(OC)ccc1CO)CCC(CC)CC(CC)CCOc1cc(OC)ccc1CO. The van der Waals surface area contributed by atoms with Crippen molar-refractivity contribution in [1.82, 2.24) is 0 Å². The topological polar surface area (TPSA) is 148 Å². The number of rotatable bonds is 52. The van der Waals surface area contributed by atoms with Crippen LogP contribution in [0.4, 0.5) is 0 Å². The minimum atomic E-state index is -0.0415. The summed E-state index contributed by atoms with van der Waals surface area (Å²) in [7, 11) is 6.49. The highest BCUT2D eigenvalue weighted by Gasteiger charge is 2.21. The molecular formula is C80H128Br2O12. The highest BCUT2D eigenvalue weighted by molar-refractivity contribution is 9.09. The van der Waals surface area contributed by atoms with E-state index in [0.29, 0.717) is 108 Å². The molecule has 0 bridgehead atoms. The van der Waals surface area contributed by atoms with E-state index in [4.69, 9.17) is 37.9 Å². The molecule has 9 atom stereocenters. The van der Waals surface area contributed by atoms with E-state index in [9.17, 15) is 19.8 Å². The first-order chi connectivity index (χ1) is 45.7. The van der Waals surface area contributed by atoms with Gasteiger partial charge in [0.2, 0.25) is 0 Å². The number of halogens is 2. The van der Waals surface area contributed by atoms with Crippen LogP contribution in [-0.2, 0) is 13.2 Å². The van der Waals surface area contributed by atoms with Crippen LogP contribution in [-0.4, -0.2) is 88.3 Å². The van der Waals surface area contributed by atoms with Crippen LogP contribution in [0.25, 0.3) is 0 Å². The largest absolute Gasteiger partial charge is 0.497 e. The molecule has 0 saturated carbocycles. The Morgan fingerprint density at radius 2 is 0.564 bits per heavy atom. The fourth-order valence-corrected chi connectivity index (χ4v) is 13.9. The highest BCUT2D eigenvalue weighted by Crippen LogP contribution is 2.35. The maximum Gasteiger partial charge on any atom is 0.153 e. The third-order valence-corrected chi connectivity index (χ3v) is 20.8. The summed E-state index contributed by atoms with van der Waals surface area (Å²) in [6.07, 6.45) is 30.8. The van der Waals surface area contributed by atoms with E-state index in [1.807, 2.05) is 36.4 Å². The monoisotopic (exact) mass is 1440 g/mol. The van der Waals surface area contributed by atoms with Gasteiger partial charge in [-0.1, -0.05) is 190 Å². The molecule has 4 aromatic carbocycles. The van der Waals surface area contributed by atoms with Crippen molar-refractivity contribution in [2.75, 3.05) is 65.5 Å². The zero-order valence-electron chi connectivity index (χ0n) is 60.6. The third kappa shape index (κ3) is 34.1. The Hall–Kier alpha value is -4.50. The zero-order chi connectivity index (χ0) is 69.3. The quantitative estimate of drug-likeness (QED) is 0.0320. The molecule has 0 amide bonds. The summed E-state index contributed by atoms with van der Waals surface area (Å²) in [5, 5.41) is 21.6. The molecule has 0 aliphatic heterocycles. The lowest BCUT2D eigenvalue weighted by molar-refractivity contribution is 0.111. The van der Waals surface area contributed by atoms with Crippen molar-refractivity contribution in [3.05, 3.63) is 95.1 Å². The molecule has 9 unspecified atom stereocenters. The van der Waals surface area contributed by atoms with Gasteiger partial charge >= 0.3 is 0 Å². The molecule has 0 fully saturated rings. The van der Waals surface area contributed by atoms with Crippen LogP contribution in [0.2, 0.25) is 0 Å². The summed E-state index contributed by atoms with van der Waals surface area (Å²) in [6.45, 7) is 23.1. The van der Waals surface area contributed by atoms with Crippen molar-refractivity contribution in [3.63, 3.8) is 0 Å². The molecule has 4 aromatic rings. The van der Waals surface area contributed by atoms with Gasteiger partial charge in [0.25, 0.3) is 0 Å². The van der Waals surface area contributed by atoms with Gasteiger partial charge < -0.3 is 48.1 Å². The van der Waals surface area contributed by atoms with Crippen molar-refractivity contribution in [1.29, 1.82) is 0 Å². The molecule has 4 rings (SSSR count). The molecule has 0 saturated heterocycles. The fourth-order valence-electron chi connectivity index (χ4n) is 12.7. The number of alkyl halides is 2. The van der Waals surface area contributed by atoms with Crippen LogP contribution in [0.15, 0.2) is 72.8 Å². The zero-order valence-corrected chi connectivity index (χ0v) is 63.8. The maximum atomic E-state index is 11.4. The van der Waals surface area contributed by atoms with Gasteiger partial charge in [-0.05, 0) is 160 Å². The summed E-state index contributed by atoms with van der Waals surface area (Å²) in [6, 6.07) is 21.7. The fraction of sp³-hybridized carbons (Fsp3) is 0.675. The normalized spacial score (nSPS) is 14.0. The van der Waals surface area contributed by atoms with Crippen LogP contribution >= 0.6 is 31.9 Å². The first kappa shape index (κ1) is 85.6. The number of benzene rings is 4. The Bertz CT molecular complexity index is 2540. The van der Waals surface area contributed by atoms with E-state index in [1.165, 1.54) is 113 Å². The van der Waals surface area contributed by atoms with Crippen molar-refractivity contribution in [3.8, 4) is 46.0 Å². The smallest absolute Gasteiger partial charge is 0.153 e. The van der Waals surface area contributed by atoms with Crippen molar-refractivity contribution < 1.29 is 57.7 Å². The molecule has 94 heavy (non-hydrogen) atoms. The number of ether oxygens (including phenoxy) is 8. The molecule has 14 heteroatoms. The number of aliphatic hydroxyl groups is 2. The van der Waals surface area contributed by atoms with Crippen LogP contribution in [0, 0.1) is 53.3 Å². The second-order valence-corrected chi connectivity index (χ2v) is 27.3. The van der Waals surface area contributed by atoms with E-state index in [1.54, 1.807) is 64.8 Å². The number of hydrogen-bond donors (Lipinski definition) is 2. The molecule has 534 valence electrons. The molecule has 12 nitrogen and oxygen atoms in total. The molecule has 0 heterocycles. The van der Waals surface area contributed by atoms with E-state index in [0.717, 1.165) is 104 Å². The molecule has 0 aliphatic rings. The number of aldehydes is 2. The third-order valence-electron chi connectivity index (χ3n) is 19.9. The van der Waals surface area contributed by atoms with Crippen LogP contribution in [0.1, 0.15) is 248 Å². The van der Waals surface area contributed by atoms with E-state index in [-0.39, 0.29) is 13.2 Å². The molecule has 0 aromatic heterocycles. The Kier molecular flexibility index (Phi) is 48.7. The average Bonchev–Trinajstić information content (AvgIpc) is 1.18. The van der Waals surface area contributed by atoms with Gasteiger partial charge in [0, 0.05) is 46.1 Å². The standard InChI is InChI=1S/C32H50O6.C32H46O6.C16H32Br2/c2*1-6-24(15-17-37-31-20-29(35-4)13-11-27(31)22-33)9-10-25(7-2)19-26(8-3)16-18-38-32-21-30(36-5)14-12-28(32)23-34;1-4-14(9-11-17)7-8-15(5-2)13-16(6-3)10-12-18/h11-14,20-21,24-26,33-34H,6-10,15-19,22-23H2,1-5H3;11-14,20-26H,6-10,15-19H2,1-5H3;14-16H,4-13H2,1-3H3. The van der Waals surface area contributed by atoms with Crippen LogP contribution < -0.4 is 37.9 Å². The number of carbonyl (C=O) groups excluding carboxylic acids is 2. The summed E-state index contributed by atoms with van der Waals surface area (Å²) >= 11 is 7.17. The second kappa shape index (κ2) is 53.5. The van der Waals surface area contributed by atoms with Gasteiger partial charge in [0.15, 0.2) is 12.6 Å². The van der Waals surface area contributed by atoms with Crippen LogP contribution in [0.5, 0.6) is 46.0 Å². The van der Waals surface area contributed by atoms with E-state index >= 15 is 0 Å². The lowest BCUT2D eigenvalue weighted by atomic mass is 9.83. The summed E-state index contributed by atoms with van der Waals surface area (Å²) in [5.41, 5.74) is 2.68. The minimum Gasteiger partial charge on any atom is -0.497 e. The van der Waals surface area contributed by atoms with Crippen molar-refractivity contribution >= 4 is 44.4 Å². The first-order valence-electron chi connectivity index (χ1n) is 36.2. The highest BCUT2D eigenvalue weighted by atomic mass is 79.9. The number of hydrogen-bond acceptors (Lipinski definition) is 12. The molecule has 0 radical (unpaired) electrons. The Morgan fingerprint density at radius 3 is 0.840 bits per heavy atom. The Labute approximate surface area is 588 Å². The van der Waals surface area contributed by atoms with Gasteiger partial charge in [-0.25, -0.2) is 0 Å². The number of aliphatic hydroxyl groups excluding tert-OH is 2. The molecule has 0 aliphatic carbocycles. The summed E-state index contributed by atoms with van der Waals surface area (Å²) in [4.78, 5) is 22.7. The van der Waals surface area contributed by atoms with Crippen molar-refractivity contribution in [2.24, 2.45) is 53.3 Å². The maximum absolute atomic E-state index is 11.4. The predicted octanol–water partition coefficient (Wildman–Crippen LogP) is 21.8. The van der Waals surface area contributed by atoms with Gasteiger partial charge in [-0.15, -0.1) is 0 Å². The predicted molar refractivity (Wildman–Crippen MR) is 397 cm³/mol. The minimum absolute atomic E-state index is 0.0412. The van der Waals surface area contributed by atoms with Gasteiger partial charge in [0.05, 0.1) is 79.2 Å². The summed E-state index contributed by atoms with van der Waals surface area (Å²) in [5.74, 6) is 12.1. The van der Waals surface area contributed by atoms with Gasteiger partial charge in [-0.3, -0.25) is 9.59 Å². The van der Waals surface area contributed by atoms with Crippen LogP contribution in [0.3, 0.4) is 0 Å². The lowest BCUT2D eigenvalue weighted by Gasteiger charge is -2.24. The molecule has 2 N–H and O–H groups in total. The Morgan fingerprint density at radius 1 is 0.330 bits per heavy atom. The van der Waals surface area contributed by atoms with Crippen molar-refractivity contribution in [2.45, 2.75) is 230 Å². The average molecular weight is 1440 g/mol. The lowest BCUT2D eigenvalue weighted by Crippen LogP contribution is -2.14. The van der Waals surface area contributed by atoms with E-state index < -0.39 is 0 Å². The van der Waals surface area contributed by atoms with Gasteiger partial charge in [-0.2, -0.15) is 0 Å². The molecule has 0 spiro atoms.